The highest BCUT2D eigenvalue weighted by atomic mass is 16.4. The van der Waals surface area contributed by atoms with Gasteiger partial charge in [0.15, 0.2) is 0 Å². The number of hydrogen-bond donors (Lipinski definition) is 2. The second-order valence-electron chi connectivity index (χ2n) is 4.77. The van der Waals surface area contributed by atoms with Crippen LogP contribution in [0.4, 0.5) is 0 Å². The molecule has 0 aliphatic carbocycles. The van der Waals surface area contributed by atoms with Gasteiger partial charge in [0.1, 0.15) is 6.04 Å². The highest BCUT2D eigenvalue weighted by Crippen LogP contribution is 2.13. The number of carbonyl (C=O) groups is 2. The number of aromatic nitrogens is 1. The fourth-order valence-electron chi connectivity index (χ4n) is 1.54. The van der Waals surface area contributed by atoms with Gasteiger partial charge in [-0.1, -0.05) is 13.8 Å². The molecule has 0 saturated carbocycles. The fraction of sp³-hybridized carbons (Fsp3) is 0.462. The molecule has 1 aromatic rings. The van der Waals surface area contributed by atoms with Crippen LogP contribution in [-0.4, -0.2) is 40.0 Å². The first-order valence-corrected chi connectivity index (χ1v) is 5.98. The number of rotatable bonds is 4. The Kier molecular flexibility index (Phi) is 4.47. The molecule has 6 heteroatoms. The van der Waals surface area contributed by atoms with Gasteiger partial charge in [0.05, 0.1) is 0 Å². The van der Waals surface area contributed by atoms with Gasteiger partial charge in [0.2, 0.25) is 5.56 Å². The maximum Gasteiger partial charge on any atom is 0.326 e. The van der Waals surface area contributed by atoms with E-state index >= 15 is 0 Å². The Morgan fingerprint density at radius 3 is 2.32 bits per heavy atom. The van der Waals surface area contributed by atoms with Gasteiger partial charge in [0.25, 0.3) is 5.91 Å². The van der Waals surface area contributed by atoms with Gasteiger partial charge in [-0.2, -0.15) is 0 Å². The molecule has 0 aromatic carbocycles. The third-order valence-corrected chi connectivity index (χ3v) is 2.99. The van der Waals surface area contributed by atoms with E-state index in [1.165, 1.54) is 20.0 Å². The lowest BCUT2D eigenvalue weighted by Gasteiger charge is -2.21. The topological polar surface area (TPSA) is 90.5 Å². The number of carboxylic acids is 1. The number of amides is 1. The molecule has 2 N–H and O–H groups in total. The van der Waals surface area contributed by atoms with Crippen LogP contribution in [0.2, 0.25) is 0 Å². The van der Waals surface area contributed by atoms with Crippen molar-refractivity contribution in [1.29, 1.82) is 0 Å². The Morgan fingerprint density at radius 1 is 1.26 bits per heavy atom. The van der Waals surface area contributed by atoms with E-state index in [4.69, 9.17) is 5.11 Å². The van der Waals surface area contributed by atoms with Crippen LogP contribution in [0.5, 0.6) is 0 Å². The first-order valence-electron chi connectivity index (χ1n) is 5.98. The molecule has 0 saturated heterocycles. The molecule has 1 atom stereocenters. The summed E-state index contributed by atoms with van der Waals surface area (Å²) in [6, 6.07) is 1.81. The van der Waals surface area contributed by atoms with E-state index in [2.05, 4.69) is 4.98 Å². The Morgan fingerprint density at radius 2 is 1.84 bits per heavy atom. The Labute approximate surface area is 111 Å². The van der Waals surface area contributed by atoms with Crippen LogP contribution in [0.1, 0.15) is 42.7 Å². The summed E-state index contributed by atoms with van der Waals surface area (Å²) in [5, 5.41) is 8.88. The second kappa shape index (κ2) is 5.69. The number of aromatic amines is 1. The average molecular weight is 266 g/mol. The Bertz CT molecular complexity index is 548. The minimum absolute atomic E-state index is 0.0719. The standard InChI is InChI=1S/C13H18N2O4/c1-7(2)10-5-9(6-11(16)14-10)12(17)15(4)8(3)13(18)19/h5-8H,1-4H3,(H,14,16)(H,18,19). The van der Waals surface area contributed by atoms with Crippen molar-refractivity contribution < 1.29 is 14.7 Å². The van der Waals surface area contributed by atoms with Crippen molar-refractivity contribution in [2.45, 2.75) is 32.7 Å². The fourth-order valence-corrected chi connectivity index (χ4v) is 1.54. The molecule has 0 aliphatic rings. The first kappa shape index (κ1) is 14.9. The molecule has 1 amide bonds. The predicted octanol–water partition coefficient (Wildman–Crippen LogP) is 1.04. The summed E-state index contributed by atoms with van der Waals surface area (Å²) < 4.78 is 0. The number of carboxylic acid groups (broad SMARTS) is 1. The van der Waals surface area contributed by atoms with E-state index in [0.29, 0.717) is 5.69 Å². The van der Waals surface area contributed by atoms with E-state index in [1.54, 1.807) is 6.07 Å². The van der Waals surface area contributed by atoms with Crippen LogP contribution < -0.4 is 5.56 Å². The van der Waals surface area contributed by atoms with Crippen molar-refractivity contribution >= 4 is 11.9 Å². The van der Waals surface area contributed by atoms with Crippen molar-refractivity contribution in [2.24, 2.45) is 0 Å². The third-order valence-electron chi connectivity index (χ3n) is 2.99. The number of carbonyl (C=O) groups excluding carboxylic acids is 1. The third kappa shape index (κ3) is 3.43. The van der Waals surface area contributed by atoms with Gasteiger partial charge < -0.3 is 15.0 Å². The molecule has 104 valence electrons. The maximum atomic E-state index is 12.1. The highest BCUT2D eigenvalue weighted by molar-refractivity contribution is 5.96. The number of nitrogens with one attached hydrogen (secondary N) is 1. The van der Waals surface area contributed by atoms with E-state index in [-0.39, 0.29) is 17.0 Å². The lowest BCUT2D eigenvalue weighted by atomic mass is 10.1. The highest BCUT2D eigenvalue weighted by Gasteiger charge is 2.23. The van der Waals surface area contributed by atoms with Gasteiger partial charge >= 0.3 is 5.97 Å². The maximum absolute atomic E-state index is 12.1. The normalized spacial score (nSPS) is 12.3. The number of nitrogens with zero attached hydrogens (tertiary/aromatic N) is 1. The Hall–Kier alpha value is -2.11. The van der Waals surface area contributed by atoms with Crippen LogP contribution in [0.15, 0.2) is 16.9 Å². The molecular weight excluding hydrogens is 248 g/mol. The zero-order chi connectivity index (χ0) is 14.7. The van der Waals surface area contributed by atoms with Gasteiger partial charge in [-0.05, 0) is 18.9 Å². The van der Waals surface area contributed by atoms with Crippen LogP contribution in [0.3, 0.4) is 0 Å². The lowest BCUT2D eigenvalue weighted by Crippen LogP contribution is -2.40. The molecule has 1 aromatic heterocycles. The van der Waals surface area contributed by atoms with Crippen molar-refractivity contribution in [2.75, 3.05) is 7.05 Å². The van der Waals surface area contributed by atoms with E-state index < -0.39 is 17.9 Å². The second-order valence-corrected chi connectivity index (χ2v) is 4.77. The van der Waals surface area contributed by atoms with Crippen molar-refractivity contribution in [1.82, 2.24) is 9.88 Å². The zero-order valence-electron chi connectivity index (χ0n) is 11.4. The molecule has 1 rings (SSSR count). The minimum Gasteiger partial charge on any atom is -0.480 e. The average Bonchev–Trinajstić information content (AvgIpc) is 2.35. The number of hydrogen-bond acceptors (Lipinski definition) is 3. The summed E-state index contributed by atoms with van der Waals surface area (Å²) in [5.74, 6) is -1.50. The van der Waals surface area contributed by atoms with E-state index in [1.807, 2.05) is 13.8 Å². The predicted molar refractivity (Wildman–Crippen MR) is 70.3 cm³/mol. The van der Waals surface area contributed by atoms with Crippen LogP contribution in [-0.2, 0) is 4.79 Å². The molecule has 0 fully saturated rings. The molecule has 19 heavy (non-hydrogen) atoms. The summed E-state index contributed by atoms with van der Waals surface area (Å²) in [6.07, 6.45) is 0. The number of pyridine rings is 1. The minimum atomic E-state index is -1.09. The summed E-state index contributed by atoms with van der Waals surface area (Å²) in [5.41, 5.74) is 0.473. The van der Waals surface area contributed by atoms with Crippen LogP contribution in [0, 0.1) is 0 Å². The summed E-state index contributed by atoms with van der Waals surface area (Å²) in [7, 11) is 1.40. The Balaban J connectivity index is 3.13. The molecule has 0 spiro atoms. The SMILES string of the molecule is CC(C)c1cc(C(=O)N(C)C(C)C(=O)O)cc(=O)[nH]1. The van der Waals surface area contributed by atoms with Gasteiger partial charge in [-0.3, -0.25) is 9.59 Å². The van der Waals surface area contributed by atoms with E-state index in [0.717, 1.165) is 4.90 Å². The van der Waals surface area contributed by atoms with Gasteiger partial charge in [-0.15, -0.1) is 0 Å². The van der Waals surface area contributed by atoms with Crippen molar-refractivity contribution in [3.05, 3.63) is 33.7 Å². The van der Waals surface area contributed by atoms with Gasteiger partial charge in [-0.25, -0.2) is 4.79 Å². The summed E-state index contributed by atoms with van der Waals surface area (Å²) in [4.78, 5) is 38.2. The smallest absolute Gasteiger partial charge is 0.326 e. The molecule has 6 nitrogen and oxygen atoms in total. The van der Waals surface area contributed by atoms with Crippen molar-refractivity contribution in [3.8, 4) is 0 Å². The van der Waals surface area contributed by atoms with Gasteiger partial charge in [0, 0.05) is 24.4 Å². The molecule has 1 heterocycles. The largest absolute Gasteiger partial charge is 0.480 e. The summed E-state index contributed by atoms with van der Waals surface area (Å²) in [6.45, 7) is 5.20. The van der Waals surface area contributed by atoms with Crippen LogP contribution in [0.25, 0.3) is 0 Å². The number of H-pyrrole nitrogens is 1. The lowest BCUT2D eigenvalue weighted by molar-refractivity contribution is -0.141. The molecule has 0 radical (unpaired) electrons. The summed E-state index contributed by atoms with van der Waals surface area (Å²) >= 11 is 0. The first-order chi connectivity index (χ1) is 8.73. The number of aliphatic carboxylic acids is 1. The molecule has 1 unspecified atom stereocenters. The van der Waals surface area contributed by atoms with E-state index in [9.17, 15) is 14.4 Å². The van der Waals surface area contributed by atoms with Crippen LogP contribution >= 0.6 is 0 Å². The zero-order valence-corrected chi connectivity index (χ0v) is 11.4. The molecule has 0 aliphatic heterocycles. The number of likely N-dealkylation sites (N-methyl/N-ethyl adjacent to an activating group) is 1. The van der Waals surface area contributed by atoms with Crippen molar-refractivity contribution in [3.63, 3.8) is 0 Å². The monoisotopic (exact) mass is 266 g/mol. The molecule has 0 bridgehead atoms. The quantitative estimate of drug-likeness (QED) is 0.852. The molecular formula is C13H18N2O4.